The Morgan fingerprint density at radius 1 is 1.36 bits per heavy atom. The topological polar surface area (TPSA) is 122 Å². The van der Waals surface area contributed by atoms with Crippen molar-refractivity contribution in [1.29, 1.82) is 0 Å². The third-order valence-corrected chi connectivity index (χ3v) is 5.38. The van der Waals surface area contributed by atoms with Gasteiger partial charge in [-0.05, 0) is 36.0 Å². The van der Waals surface area contributed by atoms with Gasteiger partial charge in [0, 0.05) is 18.8 Å². The van der Waals surface area contributed by atoms with Crippen molar-refractivity contribution in [2.45, 2.75) is 16.5 Å². The van der Waals surface area contributed by atoms with Crippen LogP contribution in [0.15, 0.2) is 49.9 Å². The zero-order valence-corrected chi connectivity index (χ0v) is 16.6. The Labute approximate surface area is 173 Å². The molecule has 0 bridgehead atoms. The van der Waals surface area contributed by atoms with Gasteiger partial charge in [-0.1, -0.05) is 24.0 Å². The maximum Gasteiger partial charge on any atom is 0.305 e. The van der Waals surface area contributed by atoms with Gasteiger partial charge in [-0.2, -0.15) is 0 Å². The first kappa shape index (κ1) is 20.1. The number of hydrogen-bond donors (Lipinski definition) is 3. The molecule has 0 unspecified atom stereocenters. The van der Waals surface area contributed by atoms with Crippen molar-refractivity contribution in [3.05, 3.63) is 46.7 Å². The lowest BCUT2D eigenvalue weighted by molar-refractivity contribution is -0.136. The fourth-order valence-corrected chi connectivity index (χ4v) is 3.83. The van der Waals surface area contributed by atoms with E-state index in [2.05, 4.69) is 15.6 Å². The normalized spacial score (nSPS) is 14.9. The third-order valence-electron chi connectivity index (χ3n) is 3.35. The number of thioether (sulfide) groups is 1. The zero-order chi connectivity index (χ0) is 20.1. The van der Waals surface area contributed by atoms with E-state index in [9.17, 15) is 14.4 Å². The third kappa shape index (κ3) is 5.44. The number of nitrogens with zero attached hydrogens (tertiary/aromatic N) is 1. The SMILES string of the molecule is O=C(O)CCNC(=O)c1ccc(Sc2ccc(/C=C3\SC(=S)NC3=O)o2)nc1. The highest BCUT2D eigenvalue weighted by Gasteiger charge is 2.22. The van der Waals surface area contributed by atoms with Crippen molar-refractivity contribution in [3.8, 4) is 0 Å². The number of carboxylic acids is 1. The van der Waals surface area contributed by atoms with Crippen LogP contribution in [0, 0.1) is 0 Å². The summed E-state index contributed by atoms with van der Waals surface area (Å²) < 4.78 is 6.07. The predicted octanol–water partition coefficient (Wildman–Crippen LogP) is 2.52. The number of rotatable bonds is 7. The average Bonchev–Trinajstić information content (AvgIpc) is 3.21. The molecule has 0 aromatic carbocycles. The van der Waals surface area contributed by atoms with E-state index in [4.69, 9.17) is 21.7 Å². The molecule has 1 aliphatic heterocycles. The molecule has 1 aliphatic rings. The summed E-state index contributed by atoms with van der Waals surface area (Å²) in [6.45, 7) is 0.0520. The quantitative estimate of drug-likeness (QED) is 0.445. The maximum atomic E-state index is 11.9. The Kier molecular flexibility index (Phi) is 6.49. The summed E-state index contributed by atoms with van der Waals surface area (Å²) in [6, 6.07) is 6.74. The van der Waals surface area contributed by atoms with Crippen LogP contribution in [0.25, 0.3) is 6.08 Å². The first-order chi connectivity index (χ1) is 13.4. The number of thiocarbonyl (C=S) groups is 1. The highest BCUT2D eigenvalue weighted by atomic mass is 32.2. The van der Waals surface area contributed by atoms with E-state index in [0.717, 1.165) is 0 Å². The van der Waals surface area contributed by atoms with Crippen LogP contribution in [0.4, 0.5) is 0 Å². The molecule has 0 radical (unpaired) electrons. The molecule has 2 aromatic rings. The molecule has 3 rings (SSSR count). The fraction of sp³-hybridized carbons (Fsp3) is 0.118. The molecule has 0 saturated carbocycles. The number of carbonyl (C=O) groups excluding carboxylic acids is 2. The van der Waals surface area contributed by atoms with Gasteiger partial charge in [0.25, 0.3) is 11.8 Å². The minimum Gasteiger partial charge on any atom is -0.481 e. The number of aliphatic carboxylic acids is 1. The van der Waals surface area contributed by atoms with E-state index in [-0.39, 0.29) is 24.8 Å². The second-order valence-corrected chi connectivity index (χ2v) is 8.14. The van der Waals surface area contributed by atoms with Crippen molar-refractivity contribution in [2.24, 2.45) is 0 Å². The molecule has 2 amide bonds. The summed E-state index contributed by atoms with van der Waals surface area (Å²) in [7, 11) is 0. The summed E-state index contributed by atoms with van der Waals surface area (Å²) in [6.07, 6.45) is 2.88. The number of hydrogen-bond acceptors (Lipinski definition) is 8. The number of carboxylic acid groups (broad SMARTS) is 1. The summed E-state index contributed by atoms with van der Waals surface area (Å²) in [5, 5.41) is 14.8. The summed E-state index contributed by atoms with van der Waals surface area (Å²) in [5.74, 6) is -1.10. The first-order valence-corrected chi connectivity index (χ1v) is 9.93. The molecule has 3 heterocycles. The van der Waals surface area contributed by atoms with Gasteiger partial charge in [0.05, 0.1) is 16.9 Å². The molecule has 0 spiro atoms. The molecule has 144 valence electrons. The number of carbonyl (C=O) groups is 3. The Balaban J connectivity index is 1.59. The predicted molar refractivity (Wildman–Crippen MR) is 108 cm³/mol. The highest BCUT2D eigenvalue weighted by molar-refractivity contribution is 8.26. The standard InChI is InChI=1S/C17H13N3O5S3/c21-13(22)5-6-18-15(23)9-1-3-12(19-8-9)28-14-4-2-10(25-14)7-11-16(24)20-17(26)27-11/h1-4,7-8H,5-6H2,(H,18,23)(H,21,22)(H,20,24,26)/b11-7-. The molecule has 3 N–H and O–H groups in total. The molecular formula is C17H13N3O5S3. The lowest BCUT2D eigenvalue weighted by Crippen LogP contribution is -2.26. The van der Waals surface area contributed by atoms with Crippen molar-refractivity contribution in [3.63, 3.8) is 0 Å². The molecule has 2 aromatic heterocycles. The van der Waals surface area contributed by atoms with Gasteiger partial charge in [0.1, 0.15) is 15.1 Å². The monoisotopic (exact) mass is 435 g/mol. The van der Waals surface area contributed by atoms with E-state index in [1.54, 1.807) is 30.3 Å². The summed E-state index contributed by atoms with van der Waals surface area (Å²) in [4.78, 5) is 38.7. The number of aromatic nitrogens is 1. The number of pyridine rings is 1. The van der Waals surface area contributed by atoms with Crippen LogP contribution >= 0.6 is 35.7 Å². The van der Waals surface area contributed by atoms with E-state index in [0.29, 0.717) is 30.7 Å². The van der Waals surface area contributed by atoms with Crippen LogP contribution in [0.5, 0.6) is 0 Å². The molecule has 0 aliphatic carbocycles. The molecule has 1 saturated heterocycles. The maximum absolute atomic E-state index is 11.9. The van der Waals surface area contributed by atoms with Gasteiger partial charge in [-0.3, -0.25) is 14.4 Å². The van der Waals surface area contributed by atoms with Crippen LogP contribution in [-0.2, 0) is 9.59 Å². The molecule has 28 heavy (non-hydrogen) atoms. The second kappa shape index (κ2) is 9.04. The Morgan fingerprint density at radius 2 is 2.18 bits per heavy atom. The number of nitrogens with one attached hydrogen (secondary N) is 2. The minimum absolute atomic E-state index is 0.0520. The Bertz CT molecular complexity index is 969. The van der Waals surface area contributed by atoms with Gasteiger partial charge in [0.2, 0.25) is 0 Å². The van der Waals surface area contributed by atoms with E-state index >= 15 is 0 Å². The minimum atomic E-state index is -0.978. The lowest BCUT2D eigenvalue weighted by Gasteiger charge is -2.04. The average molecular weight is 436 g/mol. The van der Waals surface area contributed by atoms with Gasteiger partial charge in [0.15, 0.2) is 5.09 Å². The summed E-state index contributed by atoms with van der Waals surface area (Å²) in [5.41, 5.74) is 0.333. The van der Waals surface area contributed by atoms with Crippen LogP contribution in [-0.4, -0.2) is 38.7 Å². The Hall–Kier alpha value is -2.63. The molecule has 0 atom stereocenters. The van der Waals surface area contributed by atoms with Crippen molar-refractivity contribution >= 4 is 63.9 Å². The number of amides is 2. The largest absolute Gasteiger partial charge is 0.481 e. The molecular weight excluding hydrogens is 422 g/mol. The Morgan fingerprint density at radius 3 is 2.82 bits per heavy atom. The van der Waals surface area contributed by atoms with E-state index in [1.165, 1.54) is 29.7 Å². The first-order valence-electron chi connectivity index (χ1n) is 7.89. The van der Waals surface area contributed by atoms with Crippen molar-refractivity contribution in [2.75, 3.05) is 6.54 Å². The van der Waals surface area contributed by atoms with Crippen LogP contribution in [0.2, 0.25) is 0 Å². The highest BCUT2D eigenvalue weighted by Crippen LogP contribution is 2.31. The van der Waals surface area contributed by atoms with Crippen molar-refractivity contribution < 1.29 is 23.9 Å². The number of furan rings is 1. The lowest BCUT2D eigenvalue weighted by atomic mass is 10.2. The molecule has 8 nitrogen and oxygen atoms in total. The molecule has 1 fully saturated rings. The van der Waals surface area contributed by atoms with Crippen LogP contribution in [0.1, 0.15) is 22.5 Å². The van der Waals surface area contributed by atoms with Gasteiger partial charge < -0.3 is 20.2 Å². The smallest absolute Gasteiger partial charge is 0.305 e. The summed E-state index contributed by atoms with van der Waals surface area (Å²) >= 11 is 7.37. The second-order valence-electron chi connectivity index (χ2n) is 5.40. The van der Waals surface area contributed by atoms with Crippen molar-refractivity contribution in [1.82, 2.24) is 15.6 Å². The zero-order valence-electron chi connectivity index (χ0n) is 14.1. The van der Waals surface area contributed by atoms with Gasteiger partial charge >= 0.3 is 5.97 Å². The fourth-order valence-electron chi connectivity index (χ4n) is 2.08. The van der Waals surface area contributed by atoms with Gasteiger partial charge in [-0.25, -0.2) is 4.98 Å². The van der Waals surface area contributed by atoms with E-state index < -0.39 is 5.97 Å². The van der Waals surface area contributed by atoms with Crippen LogP contribution in [0.3, 0.4) is 0 Å². The van der Waals surface area contributed by atoms with Crippen LogP contribution < -0.4 is 10.6 Å². The molecule has 11 heteroatoms. The van der Waals surface area contributed by atoms with E-state index in [1.807, 2.05) is 0 Å². The van der Waals surface area contributed by atoms with Gasteiger partial charge in [-0.15, -0.1) is 0 Å².